The molecule has 0 saturated heterocycles. The van der Waals surface area contributed by atoms with Crippen LogP contribution in [0.2, 0.25) is 0 Å². The second kappa shape index (κ2) is 3.57. The van der Waals surface area contributed by atoms with E-state index < -0.39 is 23.3 Å². The van der Waals surface area contributed by atoms with Crippen LogP contribution in [0, 0.1) is 0 Å². The third-order valence-corrected chi connectivity index (χ3v) is 1.79. The molecule has 10 heteroatoms. The first-order chi connectivity index (χ1) is 6.31. The van der Waals surface area contributed by atoms with Gasteiger partial charge in [0.05, 0.1) is 0 Å². The molecule has 0 aliphatic heterocycles. The summed E-state index contributed by atoms with van der Waals surface area (Å²) in [5.41, 5.74) is 0.529. The van der Waals surface area contributed by atoms with E-state index in [-0.39, 0.29) is 0 Å². The summed E-state index contributed by atoms with van der Waals surface area (Å²) >= 11 is 0. The Bertz CT molecular complexity index is 229. The number of hydrogen-bond donors (Lipinski definition) is 10. The molecule has 0 aliphatic carbocycles. The van der Waals surface area contributed by atoms with Crippen LogP contribution in [0.5, 0.6) is 0 Å². The Morgan fingerprint density at radius 1 is 0.733 bits per heavy atom. The van der Waals surface area contributed by atoms with Crippen molar-refractivity contribution in [2.75, 3.05) is 0 Å². The van der Waals surface area contributed by atoms with E-state index in [1.807, 2.05) is 0 Å². The topological polar surface area (TPSA) is 194 Å². The van der Waals surface area contributed by atoms with Gasteiger partial charge in [-0.25, -0.2) is 0 Å². The zero-order chi connectivity index (χ0) is 12.7. The summed E-state index contributed by atoms with van der Waals surface area (Å²) in [4.78, 5) is 0. The van der Waals surface area contributed by atoms with E-state index in [4.69, 9.17) is 46.1 Å². The number of hydroxylamine groups is 1. The lowest BCUT2D eigenvalue weighted by molar-refractivity contribution is -0.515. The molecule has 0 aromatic carbocycles. The predicted molar refractivity (Wildman–Crippen MR) is 39.3 cm³/mol. The Labute approximate surface area is 82.9 Å². The summed E-state index contributed by atoms with van der Waals surface area (Å²) < 4.78 is 0. The minimum Gasteiger partial charge on any atom is -0.361 e. The number of hydrogen-bond acceptors (Lipinski definition) is 10. The first kappa shape index (κ1) is 14.6. The van der Waals surface area contributed by atoms with E-state index in [9.17, 15) is 0 Å². The van der Waals surface area contributed by atoms with Gasteiger partial charge in [-0.15, -0.1) is 5.48 Å². The molecule has 0 bridgehead atoms. The highest BCUT2D eigenvalue weighted by atomic mass is 16.7. The Balaban J connectivity index is 5.38. The monoisotopic (exact) mass is 231 g/mol. The standard InChI is InChI=1S/C5H13NO9/c1-2(7,8)3(9,10)4(11,12)5(13,14)6-15/h6-15H,1H3. The zero-order valence-electron chi connectivity index (χ0n) is 7.52. The van der Waals surface area contributed by atoms with E-state index in [1.54, 1.807) is 0 Å². The van der Waals surface area contributed by atoms with E-state index in [0.717, 1.165) is 0 Å². The van der Waals surface area contributed by atoms with E-state index in [0.29, 0.717) is 12.4 Å². The minimum atomic E-state index is -4.31. The van der Waals surface area contributed by atoms with Gasteiger partial charge in [0.2, 0.25) is 5.79 Å². The van der Waals surface area contributed by atoms with Crippen LogP contribution < -0.4 is 5.48 Å². The van der Waals surface area contributed by atoms with Crippen LogP contribution in [0.4, 0.5) is 0 Å². The van der Waals surface area contributed by atoms with Gasteiger partial charge in [-0.1, -0.05) is 0 Å². The molecule has 15 heavy (non-hydrogen) atoms. The minimum absolute atomic E-state index is 0.321. The summed E-state index contributed by atoms with van der Waals surface area (Å²) in [5.74, 6) is -16.0. The quantitative estimate of drug-likeness (QED) is 0.165. The molecular weight excluding hydrogens is 218 g/mol. The lowest BCUT2D eigenvalue weighted by Crippen LogP contribution is -2.78. The smallest absolute Gasteiger partial charge is 0.307 e. The lowest BCUT2D eigenvalue weighted by atomic mass is 9.94. The molecule has 0 amide bonds. The second-order valence-corrected chi connectivity index (χ2v) is 3.15. The van der Waals surface area contributed by atoms with Gasteiger partial charge in [-0.3, -0.25) is 0 Å². The molecule has 0 rings (SSSR count). The van der Waals surface area contributed by atoms with Crippen molar-refractivity contribution in [1.82, 2.24) is 5.48 Å². The summed E-state index contributed by atoms with van der Waals surface area (Å²) in [6, 6.07) is 0. The van der Waals surface area contributed by atoms with Crippen molar-refractivity contribution in [1.29, 1.82) is 0 Å². The molecule has 0 atom stereocenters. The van der Waals surface area contributed by atoms with Gasteiger partial charge in [0.15, 0.2) is 0 Å². The molecule has 0 heterocycles. The normalized spacial score (nSPS) is 15.6. The summed E-state index contributed by atoms with van der Waals surface area (Å²) in [7, 11) is 0. The third kappa shape index (κ3) is 2.09. The van der Waals surface area contributed by atoms with Gasteiger partial charge in [0.1, 0.15) is 0 Å². The van der Waals surface area contributed by atoms with Gasteiger partial charge in [0.25, 0.3) is 11.6 Å². The molecule has 92 valence electrons. The number of aliphatic hydroxyl groups is 8. The summed E-state index contributed by atoms with van der Waals surface area (Å²) in [6.07, 6.45) is 0. The molecule has 0 unspecified atom stereocenters. The van der Waals surface area contributed by atoms with Crippen LogP contribution in [0.25, 0.3) is 0 Å². The largest absolute Gasteiger partial charge is 0.361 e. The summed E-state index contributed by atoms with van der Waals surface area (Å²) in [5, 5.41) is 78.7. The van der Waals surface area contributed by atoms with Gasteiger partial charge in [-0.2, -0.15) is 0 Å². The fourth-order valence-electron chi connectivity index (χ4n) is 0.651. The molecule has 10 nitrogen and oxygen atoms in total. The molecule has 0 aromatic rings. The highest BCUT2D eigenvalue weighted by molar-refractivity contribution is 4.96. The molecule has 10 N–H and O–H groups in total. The van der Waals surface area contributed by atoms with Crippen molar-refractivity contribution in [2.45, 2.75) is 30.2 Å². The fourth-order valence-corrected chi connectivity index (χ4v) is 0.651. The van der Waals surface area contributed by atoms with Crippen LogP contribution in [0.3, 0.4) is 0 Å². The molecular formula is C5H13NO9. The van der Waals surface area contributed by atoms with Gasteiger partial charge in [-0.05, 0) is 6.92 Å². The first-order valence-electron chi connectivity index (χ1n) is 3.51. The number of rotatable bonds is 4. The highest BCUT2D eigenvalue weighted by Crippen LogP contribution is 2.32. The Kier molecular flexibility index (Phi) is 3.47. The second-order valence-electron chi connectivity index (χ2n) is 3.15. The van der Waals surface area contributed by atoms with Crippen molar-refractivity contribution in [3.63, 3.8) is 0 Å². The van der Waals surface area contributed by atoms with Gasteiger partial charge < -0.3 is 46.1 Å². The van der Waals surface area contributed by atoms with Crippen LogP contribution in [0.1, 0.15) is 6.92 Å². The Morgan fingerprint density at radius 3 is 1.27 bits per heavy atom. The first-order valence-corrected chi connectivity index (χ1v) is 3.51. The Morgan fingerprint density at radius 2 is 1.07 bits per heavy atom. The predicted octanol–water partition coefficient (Wildman–Crippen LogP) is -5.33. The van der Waals surface area contributed by atoms with E-state index >= 15 is 0 Å². The maximum Gasteiger partial charge on any atom is 0.307 e. The van der Waals surface area contributed by atoms with Crippen LogP contribution in [-0.2, 0) is 0 Å². The molecule has 0 radical (unpaired) electrons. The lowest BCUT2D eigenvalue weighted by Gasteiger charge is -2.45. The van der Waals surface area contributed by atoms with Crippen molar-refractivity contribution >= 4 is 0 Å². The van der Waals surface area contributed by atoms with Crippen LogP contribution >= 0.6 is 0 Å². The zero-order valence-corrected chi connectivity index (χ0v) is 7.52. The molecule has 0 fully saturated rings. The van der Waals surface area contributed by atoms with Crippen molar-refractivity contribution in [2.24, 2.45) is 0 Å². The molecule has 0 aromatic heterocycles. The van der Waals surface area contributed by atoms with Crippen LogP contribution in [-0.4, -0.2) is 69.3 Å². The highest BCUT2D eigenvalue weighted by Gasteiger charge is 2.69. The average Bonchev–Trinajstić information content (AvgIpc) is 2.01. The third-order valence-electron chi connectivity index (χ3n) is 1.79. The van der Waals surface area contributed by atoms with Gasteiger partial charge in [0, 0.05) is 0 Å². The maximum atomic E-state index is 8.93. The summed E-state index contributed by atoms with van der Waals surface area (Å²) in [6.45, 7) is 0.321. The Hall–Kier alpha value is -0.400. The molecule has 0 spiro atoms. The average molecular weight is 231 g/mol. The number of nitrogens with one attached hydrogen (secondary N) is 1. The molecule has 0 saturated carbocycles. The molecule has 0 aliphatic rings. The van der Waals surface area contributed by atoms with E-state index in [1.165, 1.54) is 0 Å². The van der Waals surface area contributed by atoms with Gasteiger partial charge >= 0.3 is 5.91 Å². The fraction of sp³-hybridized carbons (Fsp3) is 1.00. The van der Waals surface area contributed by atoms with E-state index in [2.05, 4.69) is 0 Å². The van der Waals surface area contributed by atoms with Crippen molar-refractivity contribution < 1.29 is 46.1 Å². The van der Waals surface area contributed by atoms with Crippen molar-refractivity contribution in [3.05, 3.63) is 0 Å². The van der Waals surface area contributed by atoms with Crippen LogP contribution in [0.15, 0.2) is 0 Å². The maximum absolute atomic E-state index is 8.93. The van der Waals surface area contributed by atoms with Crippen molar-refractivity contribution in [3.8, 4) is 0 Å². The SMILES string of the molecule is CC(O)(O)C(O)(O)C(O)(O)C(O)(O)NO.